The molecule has 0 aliphatic heterocycles. The van der Waals surface area contributed by atoms with Crippen molar-refractivity contribution in [2.75, 3.05) is 6.26 Å². The fraction of sp³-hybridized carbons (Fsp3) is 0.364. The van der Waals surface area contributed by atoms with Crippen molar-refractivity contribution >= 4 is 39.1 Å². The van der Waals surface area contributed by atoms with Crippen LogP contribution in [0.2, 0.25) is 10.0 Å². The summed E-state index contributed by atoms with van der Waals surface area (Å²) >= 11 is 11.8. The van der Waals surface area contributed by atoms with Gasteiger partial charge in [0.15, 0.2) is 0 Å². The van der Waals surface area contributed by atoms with Crippen LogP contribution in [-0.4, -0.2) is 20.6 Å². The third-order valence-electron chi connectivity index (χ3n) is 2.78. The molecule has 1 aromatic rings. The molecule has 0 unspecified atom stereocenters. The number of rotatable bonds is 3. The van der Waals surface area contributed by atoms with Crippen LogP contribution < -0.4 is 4.72 Å². The maximum Gasteiger partial charge on any atom is 0.237 e. The highest BCUT2D eigenvalue weighted by molar-refractivity contribution is 7.89. The van der Waals surface area contributed by atoms with Gasteiger partial charge in [-0.2, -0.15) is 0 Å². The molecule has 1 aromatic carbocycles. The first-order valence-electron chi connectivity index (χ1n) is 5.24. The Morgan fingerprint density at radius 1 is 1.39 bits per heavy atom. The first kappa shape index (κ1) is 13.6. The van der Waals surface area contributed by atoms with E-state index in [1.807, 2.05) is 4.72 Å². The van der Waals surface area contributed by atoms with Crippen LogP contribution in [0, 0.1) is 5.92 Å². The second kappa shape index (κ2) is 4.72. The molecule has 1 N–H and O–H groups in total. The minimum atomic E-state index is -3.50. The fourth-order valence-corrected chi connectivity index (χ4v) is 2.95. The van der Waals surface area contributed by atoms with Crippen LogP contribution in [0.3, 0.4) is 0 Å². The number of hydrogen-bond acceptors (Lipinski definition) is 3. The van der Waals surface area contributed by atoms with E-state index in [4.69, 9.17) is 23.2 Å². The Hall–Kier alpha value is -0.780. The predicted octanol–water partition coefficient (Wildman–Crippen LogP) is 2.17. The molecule has 0 radical (unpaired) electrons. The van der Waals surface area contributed by atoms with Crippen molar-refractivity contribution in [3.8, 4) is 0 Å². The van der Waals surface area contributed by atoms with E-state index in [2.05, 4.69) is 0 Å². The number of carbonyl (C=O) groups is 1. The van der Waals surface area contributed by atoms with Gasteiger partial charge in [-0.1, -0.05) is 29.3 Å². The highest BCUT2D eigenvalue weighted by atomic mass is 35.5. The topological polar surface area (TPSA) is 63.2 Å². The number of sulfonamides is 1. The van der Waals surface area contributed by atoms with Gasteiger partial charge in [-0.25, -0.2) is 8.42 Å². The summed E-state index contributed by atoms with van der Waals surface area (Å²) in [7, 11) is -3.50. The summed E-state index contributed by atoms with van der Waals surface area (Å²) in [5.41, 5.74) is 0.828. The predicted molar refractivity (Wildman–Crippen MR) is 70.3 cm³/mol. The molecule has 0 aromatic heterocycles. The van der Waals surface area contributed by atoms with E-state index < -0.39 is 15.9 Å². The second-order valence-electron chi connectivity index (χ2n) is 4.35. The number of hydrogen-bond donors (Lipinski definition) is 1. The van der Waals surface area contributed by atoms with Crippen LogP contribution in [0.4, 0.5) is 0 Å². The van der Waals surface area contributed by atoms with Gasteiger partial charge in [-0.15, -0.1) is 0 Å². The van der Waals surface area contributed by atoms with Crippen molar-refractivity contribution in [3.63, 3.8) is 0 Å². The molecular formula is C11H11Cl2NO3S. The molecule has 7 heteroatoms. The summed E-state index contributed by atoms with van der Waals surface area (Å²) in [6.07, 6.45) is 1.56. The van der Waals surface area contributed by atoms with Crippen LogP contribution in [0.15, 0.2) is 18.2 Å². The quantitative estimate of drug-likeness (QED) is 0.931. The Labute approximate surface area is 115 Å². The van der Waals surface area contributed by atoms with Gasteiger partial charge in [0, 0.05) is 16.0 Å². The minimum Gasteiger partial charge on any atom is -0.274 e. The molecule has 98 valence electrons. The zero-order chi connectivity index (χ0) is 13.5. The molecule has 1 aliphatic rings. The number of nitrogens with one attached hydrogen (secondary N) is 1. The van der Waals surface area contributed by atoms with E-state index in [-0.39, 0.29) is 11.8 Å². The summed E-state index contributed by atoms with van der Waals surface area (Å²) in [6.45, 7) is 0. The molecule has 1 fully saturated rings. The third kappa shape index (κ3) is 3.16. The summed E-state index contributed by atoms with van der Waals surface area (Å²) in [5, 5.41) is 1.03. The Morgan fingerprint density at radius 2 is 2.06 bits per heavy atom. The Bertz CT molecular complexity index is 600. The Kier molecular flexibility index (Phi) is 3.58. The van der Waals surface area contributed by atoms with E-state index in [1.165, 1.54) is 0 Å². The van der Waals surface area contributed by atoms with Gasteiger partial charge in [0.25, 0.3) is 0 Å². The molecule has 0 spiro atoms. The van der Waals surface area contributed by atoms with Gasteiger partial charge in [0.05, 0.1) is 6.26 Å². The van der Waals surface area contributed by atoms with Crippen LogP contribution in [0.25, 0.3) is 0 Å². The number of carbonyl (C=O) groups excluding carboxylic acids is 1. The van der Waals surface area contributed by atoms with E-state index in [1.54, 1.807) is 18.2 Å². The molecule has 4 nitrogen and oxygen atoms in total. The number of amides is 1. The largest absolute Gasteiger partial charge is 0.274 e. The highest BCUT2D eigenvalue weighted by Gasteiger charge is 2.45. The van der Waals surface area contributed by atoms with Gasteiger partial charge < -0.3 is 0 Å². The van der Waals surface area contributed by atoms with Gasteiger partial charge in [0.1, 0.15) is 0 Å². The van der Waals surface area contributed by atoms with Crippen molar-refractivity contribution in [1.29, 1.82) is 0 Å². The average Bonchev–Trinajstić information content (AvgIpc) is 2.94. The Morgan fingerprint density at radius 3 is 2.61 bits per heavy atom. The molecule has 1 aliphatic carbocycles. The third-order valence-corrected chi connectivity index (χ3v) is 3.91. The summed E-state index contributed by atoms with van der Waals surface area (Å²) in [4.78, 5) is 11.6. The first-order valence-corrected chi connectivity index (χ1v) is 7.89. The van der Waals surface area contributed by atoms with Crippen LogP contribution in [0.1, 0.15) is 17.9 Å². The lowest BCUT2D eigenvalue weighted by atomic mass is 10.1. The smallest absolute Gasteiger partial charge is 0.237 e. The lowest BCUT2D eigenvalue weighted by molar-refractivity contribution is -0.120. The van der Waals surface area contributed by atoms with Crippen LogP contribution in [0.5, 0.6) is 0 Å². The first-order chi connectivity index (χ1) is 8.28. The minimum absolute atomic E-state index is 0.0310. The molecule has 18 heavy (non-hydrogen) atoms. The van der Waals surface area contributed by atoms with E-state index in [0.717, 1.165) is 11.8 Å². The molecule has 1 saturated carbocycles. The SMILES string of the molecule is CS(=O)(=O)NC(=O)[C@@H]1C[C@@H]1c1ccc(Cl)cc1Cl. The van der Waals surface area contributed by atoms with Gasteiger partial charge in [-0.05, 0) is 30.0 Å². The lowest BCUT2D eigenvalue weighted by Crippen LogP contribution is -2.30. The Balaban J connectivity index is 2.09. The van der Waals surface area contributed by atoms with E-state index >= 15 is 0 Å². The summed E-state index contributed by atoms with van der Waals surface area (Å²) < 4.78 is 23.9. The molecule has 2 rings (SSSR count). The fourth-order valence-electron chi connectivity index (χ4n) is 1.89. The maximum atomic E-state index is 11.6. The molecular weight excluding hydrogens is 297 g/mol. The van der Waals surface area contributed by atoms with Gasteiger partial charge in [0.2, 0.25) is 15.9 Å². The monoisotopic (exact) mass is 307 g/mol. The zero-order valence-electron chi connectivity index (χ0n) is 9.48. The van der Waals surface area contributed by atoms with E-state index in [0.29, 0.717) is 16.5 Å². The van der Waals surface area contributed by atoms with E-state index in [9.17, 15) is 13.2 Å². The summed E-state index contributed by atoms with van der Waals surface area (Å²) in [6, 6.07) is 5.08. The molecule has 2 atom stereocenters. The van der Waals surface area contributed by atoms with Crippen molar-refractivity contribution in [3.05, 3.63) is 33.8 Å². The molecule has 1 amide bonds. The number of benzene rings is 1. The number of halogens is 2. The van der Waals surface area contributed by atoms with Crippen molar-refractivity contribution in [1.82, 2.24) is 4.72 Å². The normalized spacial score (nSPS) is 22.6. The van der Waals surface area contributed by atoms with Crippen molar-refractivity contribution in [2.24, 2.45) is 5.92 Å². The molecule has 0 saturated heterocycles. The standard InChI is InChI=1S/C11H11Cl2NO3S/c1-18(16,17)14-11(15)9-5-8(9)7-3-2-6(12)4-10(7)13/h2-4,8-9H,5H2,1H3,(H,14,15)/t8-,9-/m1/s1. The molecule has 0 bridgehead atoms. The molecule has 0 heterocycles. The summed E-state index contributed by atoms with van der Waals surface area (Å²) in [5.74, 6) is -0.844. The maximum absolute atomic E-state index is 11.6. The second-order valence-corrected chi connectivity index (χ2v) is 6.95. The van der Waals surface area contributed by atoms with Crippen LogP contribution >= 0.6 is 23.2 Å². The zero-order valence-corrected chi connectivity index (χ0v) is 11.8. The lowest BCUT2D eigenvalue weighted by Gasteiger charge is -2.04. The van der Waals surface area contributed by atoms with Gasteiger partial charge in [-0.3, -0.25) is 9.52 Å². The average molecular weight is 308 g/mol. The van der Waals surface area contributed by atoms with Crippen LogP contribution in [-0.2, 0) is 14.8 Å². The van der Waals surface area contributed by atoms with Crippen molar-refractivity contribution in [2.45, 2.75) is 12.3 Å². The highest BCUT2D eigenvalue weighted by Crippen LogP contribution is 2.50. The van der Waals surface area contributed by atoms with Crippen molar-refractivity contribution < 1.29 is 13.2 Å². The van der Waals surface area contributed by atoms with Gasteiger partial charge >= 0.3 is 0 Å².